The summed E-state index contributed by atoms with van der Waals surface area (Å²) >= 11 is 0. The van der Waals surface area contributed by atoms with Crippen molar-refractivity contribution in [3.8, 4) is 17.0 Å². The lowest BCUT2D eigenvalue weighted by atomic mass is 10.1. The Kier molecular flexibility index (Phi) is 8.31. The molecule has 11 nitrogen and oxygen atoms in total. The van der Waals surface area contributed by atoms with Crippen LogP contribution >= 0.6 is 0 Å². The molecule has 1 unspecified atom stereocenters. The van der Waals surface area contributed by atoms with Crippen LogP contribution in [0.5, 0.6) is 5.75 Å². The number of carbonyl (C=O) groups excluding carboxylic acids is 1. The molecule has 4 aromatic rings. The van der Waals surface area contributed by atoms with Crippen molar-refractivity contribution < 1.29 is 14.3 Å². The molecule has 1 amide bonds. The number of aromatic nitrogens is 5. The Balaban J connectivity index is 1.28. The topological polar surface area (TPSA) is 113 Å². The van der Waals surface area contributed by atoms with Gasteiger partial charge in [-0.15, -0.1) is 0 Å². The number of anilines is 1. The second kappa shape index (κ2) is 11.9. The fourth-order valence-electron chi connectivity index (χ4n) is 5.22. The predicted molar refractivity (Wildman–Crippen MR) is 163 cm³/mol. The van der Waals surface area contributed by atoms with Gasteiger partial charge in [0.2, 0.25) is 0 Å². The van der Waals surface area contributed by atoms with Crippen LogP contribution in [0.25, 0.3) is 22.3 Å². The Morgan fingerprint density at radius 3 is 2.52 bits per heavy atom. The number of methoxy groups -OCH3 is 1. The molecular formula is C31H40N8O3. The van der Waals surface area contributed by atoms with E-state index in [-0.39, 0.29) is 12.1 Å². The number of pyridine rings is 1. The van der Waals surface area contributed by atoms with Gasteiger partial charge in [-0.1, -0.05) is 6.07 Å². The number of piperazine rings is 1. The molecule has 222 valence electrons. The molecule has 0 aliphatic carbocycles. The van der Waals surface area contributed by atoms with Gasteiger partial charge in [-0.2, -0.15) is 0 Å². The number of H-pyrrole nitrogens is 1. The van der Waals surface area contributed by atoms with Crippen LogP contribution in [-0.2, 0) is 11.2 Å². The molecule has 5 rings (SSSR count). The summed E-state index contributed by atoms with van der Waals surface area (Å²) in [6.07, 6.45) is 3.76. The third-order valence-electron chi connectivity index (χ3n) is 7.40. The van der Waals surface area contributed by atoms with Crippen LogP contribution in [0.2, 0.25) is 0 Å². The van der Waals surface area contributed by atoms with Crippen LogP contribution in [0.1, 0.15) is 50.8 Å². The number of rotatable bonds is 7. The third-order valence-corrected chi connectivity index (χ3v) is 7.40. The molecule has 0 spiro atoms. The summed E-state index contributed by atoms with van der Waals surface area (Å²) in [4.78, 5) is 40.3. The number of fused-ring (bicyclic) bond motifs is 1. The Bertz CT molecular complexity index is 1550. The van der Waals surface area contributed by atoms with Crippen molar-refractivity contribution in [1.82, 2.24) is 34.7 Å². The second-order valence-electron chi connectivity index (χ2n) is 11.8. The van der Waals surface area contributed by atoms with E-state index in [4.69, 9.17) is 14.5 Å². The third kappa shape index (κ3) is 6.46. The molecule has 1 atom stereocenters. The largest absolute Gasteiger partial charge is 0.491 e. The Labute approximate surface area is 246 Å². The van der Waals surface area contributed by atoms with Gasteiger partial charge in [0.05, 0.1) is 18.1 Å². The van der Waals surface area contributed by atoms with E-state index in [9.17, 15) is 4.79 Å². The number of benzene rings is 1. The van der Waals surface area contributed by atoms with Crippen molar-refractivity contribution >= 4 is 22.9 Å². The average Bonchev–Trinajstić information content (AvgIpc) is 3.37. The van der Waals surface area contributed by atoms with Crippen molar-refractivity contribution in [2.45, 2.75) is 45.8 Å². The van der Waals surface area contributed by atoms with Gasteiger partial charge in [-0.3, -0.25) is 9.88 Å². The number of nitrogens with one attached hydrogen (secondary N) is 1. The predicted octanol–water partition coefficient (Wildman–Crippen LogP) is 4.69. The number of carbonyl (C=O) groups is 1. The van der Waals surface area contributed by atoms with Crippen LogP contribution in [-0.4, -0.2) is 93.8 Å². The highest BCUT2D eigenvalue weighted by Gasteiger charge is 2.28. The molecule has 1 fully saturated rings. The Hall–Kier alpha value is -4.25. The van der Waals surface area contributed by atoms with Gasteiger partial charge in [0.25, 0.3) is 0 Å². The first-order valence-corrected chi connectivity index (χ1v) is 14.2. The molecule has 1 aromatic carbocycles. The number of imidazole rings is 1. The van der Waals surface area contributed by atoms with E-state index in [1.165, 1.54) is 5.56 Å². The molecule has 1 aliphatic heterocycles. The van der Waals surface area contributed by atoms with Crippen molar-refractivity contribution in [2.24, 2.45) is 0 Å². The SMILES string of the molecule is COc1c(-c2ccc3nc(Cc4cc(C(C)N5CCN(C(=O)OC(C)(C)C)CC5)ccn4)[nH]c3c2)ncnc1N(C)C. The lowest BCUT2D eigenvalue weighted by molar-refractivity contribution is 0.0110. The summed E-state index contributed by atoms with van der Waals surface area (Å²) in [5.41, 5.74) is 5.09. The first-order valence-electron chi connectivity index (χ1n) is 14.2. The van der Waals surface area contributed by atoms with E-state index in [1.807, 2.05) is 64.2 Å². The zero-order valence-corrected chi connectivity index (χ0v) is 25.5. The van der Waals surface area contributed by atoms with Gasteiger partial charge in [-0.25, -0.2) is 19.7 Å². The van der Waals surface area contributed by atoms with Crippen molar-refractivity contribution in [3.63, 3.8) is 0 Å². The minimum absolute atomic E-state index is 0.195. The van der Waals surface area contributed by atoms with E-state index in [1.54, 1.807) is 18.3 Å². The second-order valence-corrected chi connectivity index (χ2v) is 11.8. The smallest absolute Gasteiger partial charge is 0.410 e. The zero-order valence-electron chi connectivity index (χ0n) is 25.5. The quantitative estimate of drug-likeness (QED) is 0.337. The molecule has 0 radical (unpaired) electrons. The Morgan fingerprint density at radius 1 is 1.07 bits per heavy atom. The van der Waals surface area contributed by atoms with Gasteiger partial charge in [0, 0.05) is 70.2 Å². The van der Waals surface area contributed by atoms with Crippen molar-refractivity contribution in [1.29, 1.82) is 0 Å². The molecular weight excluding hydrogens is 532 g/mol. The van der Waals surface area contributed by atoms with E-state index >= 15 is 0 Å². The standard InChI is InChI=1S/C31H40N8O3/c1-20(38-12-14-39(15-13-38)30(40)42-31(2,3)4)21-10-11-32-23(16-21)18-26-35-24-9-8-22(17-25(24)36-26)27-28(41-7)29(37(5)6)34-19-33-27/h8-11,16-17,19-20H,12-15,18H2,1-7H3,(H,35,36). The van der Waals surface area contributed by atoms with Crippen LogP contribution in [0.3, 0.4) is 0 Å². The van der Waals surface area contributed by atoms with Gasteiger partial charge in [0.15, 0.2) is 11.6 Å². The number of hydrogen-bond acceptors (Lipinski definition) is 9. The normalized spacial score (nSPS) is 15.1. The molecule has 11 heteroatoms. The van der Waals surface area contributed by atoms with E-state index in [2.05, 4.69) is 43.9 Å². The molecule has 3 aromatic heterocycles. The number of nitrogens with zero attached hydrogens (tertiary/aromatic N) is 7. The van der Waals surface area contributed by atoms with Gasteiger partial charge < -0.3 is 24.3 Å². The summed E-state index contributed by atoms with van der Waals surface area (Å²) < 4.78 is 11.2. The summed E-state index contributed by atoms with van der Waals surface area (Å²) in [6.45, 7) is 10.8. The lowest BCUT2D eigenvalue weighted by Crippen LogP contribution is -2.50. The van der Waals surface area contributed by atoms with Gasteiger partial charge >= 0.3 is 6.09 Å². The fourth-order valence-corrected chi connectivity index (χ4v) is 5.22. The number of ether oxygens (including phenoxy) is 2. The minimum Gasteiger partial charge on any atom is -0.491 e. The highest BCUT2D eigenvalue weighted by molar-refractivity contribution is 5.83. The van der Waals surface area contributed by atoms with Gasteiger partial charge in [0.1, 0.15) is 23.4 Å². The molecule has 0 saturated carbocycles. The summed E-state index contributed by atoms with van der Waals surface area (Å²) in [7, 11) is 5.49. The van der Waals surface area contributed by atoms with E-state index in [0.717, 1.165) is 52.7 Å². The first-order chi connectivity index (χ1) is 20.0. The molecule has 1 aliphatic rings. The Morgan fingerprint density at radius 2 is 1.83 bits per heavy atom. The van der Waals surface area contributed by atoms with Crippen LogP contribution in [0, 0.1) is 0 Å². The molecule has 42 heavy (non-hydrogen) atoms. The van der Waals surface area contributed by atoms with Crippen LogP contribution in [0.15, 0.2) is 42.9 Å². The molecule has 1 saturated heterocycles. The van der Waals surface area contributed by atoms with Crippen molar-refractivity contribution in [2.75, 3.05) is 52.3 Å². The summed E-state index contributed by atoms with van der Waals surface area (Å²) in [5, 5.41) is 0. The molecule has 0 bridgehead atoms. The maximum absolute atomic E-state index is 12.5. The van der Waals surface area contributed by atoms with Gasteiger partial charge in [-0.05, 0) is 57.5 Å². The number of aromatic amines is 1. The van der Waals surface area contributed by atoms with E-state index < -0.39 is 5.60 Å². The maximum atomic E-state index is 12.5. The first kappa shape index (κ1) is 29.2. The summed E-state index contributed by atoms with van der Waals surface area (Å²) in [5.74, 6) is 2.19. The van der Waals surface area contributed by atoms with Crippen molar-refractivity contribution in [3.05, 3.63) is 59.9 Å². The fraction of sp³-hybridized carbons (Fsp3) is 0.452. The highest BCUT2D eigenvalue weighted by atomic mass is 16.6. The molecule has 1 N–H and O–H groups in total. The highest BCUT2D eigenvalue weighted by Crippen LogP contribution is 2.35. The van der Waals surface area contributed by atoms with Crippen LogP contribution in [0.4, 0.5) is 10.6 Å². The maximum Gasteiger partial charge on any atom is 0.410 e. The van der Waals surface area contributed by atoms with E-state index in [0.29, 0.717) is 25.3 Å². The summed E-state index contributed by atoms with van der Waals surface area (Å²) in [6, 6.07) is 10.4. The average molecular weight is 573 g/mol. The minimum atomic E-state index is -0.489. The monoisotopic (exact) mass is 572 g/mol. The van der Waals surface area contributed by atoms with Crippen LogP contribution < -0.4 is 9.64 Å². The zero-order chi connectivity index (χ0) is 30.0. The molecule has 4 heterocycles. The lowest BCUT2D eigenvalue weighted by Gasteiger charge is -2.38. The number of amides is 1. The number of hydrogen-bond donors (Lipinski definition) is 1.